The number of anilines is 1. The molecule has 5 nitrogen and oxygen atoms in total. The standard InChI is InChI=1S/C7H9N5S/c1-2-12-5(3-4-9-12)6-7(8)11-13-10-6/h3-4H,2H2,1H3,(H2,8,11). The van der Waals surface area contributed by atoms with Gasteiger partial charge in [-0.2, -0.15) is 13.8 Å². The van der Waals surface area contributed by atoms with Gasteiger partial charge < -0.3 is 5.73 Å². The smallest absolute Gasteiger partial charge is 0.167 e. The average Bonchev–Trinajstić information content (AvgIpc) is 2.71. The maximum absolute atomic E-state index is 5.65. The van der Waals surface area contributed by atoms with Gasteiger partial charge in [-0.05, 0) is 13.0 Å². The van der Waals surface area contributed by atoms with Gasteiger partial charge in [0.15, 0.2) is 5.82 Å². The van der Waals surface area contributed by atoms with Gasteiger partial charge in [-0.25, -0.2) is 0 Å². The normalized spacial score (nSPS) is 10.5. The molecule has 68 valence electrons. The lowest BCUT2D eigenvalue weighted by molar-refractivity contribution is 0.666. The minimum absolute atomic E-state index is 0.472. The molecule has 0 aliphatic carbocycles. The Morgan fingerprint density at radius 1 is 1.54 bits per heavy atom. The van der Waals surface area contributed by atoms with E-state index in [1.807, 2.05) is 17.7 Å². The van der Waals surface area contributed by atoms with Gasteiger partial charge in [0.2, 0.25) is 0 Å². The van der Waals surface area contributed by atoms with Crippen molar-refractivity contribution in [3.05, 3.63) is 12.3 Å². The molecular weight excluding hydrogens is 186 g/mol. The highest BCUT2D eigenvalue weighted by Gasteiger charge is 2.11. The average molecular weight is 195 g/mol. The number of nitrogens with two attached hydrogens (primary N) is 1. The molecule has 0 spiro atoms. The molecule has 0 aliphatic heterocycles. The summed E-state index contributed by atoms with van der Waals surface area (Å²) in [6, 6.07) is 1.89. The molecule has 6 heteroatoms. The summed E-state index contributed by atoms with van der Waals surface area (Å²) in [5, 5.41) is 4.13. The van der Waals surface area contributed by atoms with Crippen LogP contribution in [-0.2, 0) is 6.54 Å². The summed E-state index contributed by atoms with van der Waals surface area (Å²) in [6.45, 7) is 2.83. The van der Waals surface area contributed by atoms with E-state index in [1.165, 1.54) is 0 Å². The Morgan fingerprint density at radius 2 is 2.38 bits per heavy atom. The zero-order valence-corrected chi connectivity index (χ0v) is 7.95. The second-order valence-electron chi connectivity index (χ2n) is 2.53. The second kappa shape index (κ2) is 3.14. The lowest BCUT2D eigenvalue weighted by Gasteiger charge is -2.00. The van der Waals surface area contributed by atoms with Crippen LogP contribution in [0.4, 0.5) is 5.82 Å². The van der Waals surface area contributed by atoms with E-state index < -0.39 is 0 Å². The van der Waals surface area contributed by atoms with Crippen molar-refractivity contribution in [2.75, 3.05) is 5.73 Å². The van der Waals surface area contributed by atoms with E-state index in [2.05, 4.69) is 13.8 Å². The van der Waals surface area contributed by atoms with E-state index in [1.54, 1.807) is 6.20 Å². The van der Waals surface area contributed by atoms with E-state index >= 15 is 0 Å². The molecule has 0 saturated carbocycles. The predicted octanol–water partition coefficient (Wildman–Crippen LogP) is 1.00. The van der Waals surface area contributed by atoms with Gasteiger partial charge in [0.25, 0.3) is 0 Å². The van der Waals surface area contributed by atoms with Crippen molar-refractivity contribution in [3.63, 3.8) is 0 Å². The molecule has 0 radical (unpaired) electrons. The molecule has 0 aliphatic rings. The zero-order chi connectivity index (χ0) is 9.26. The monoisotopic (exact) mass is 195 g/mol. The molecule has 2 aromatic heterocycles. The van der Waals surface area contributed by atoms with Gasteiger partial charge in [-0.3, -0.25) is 4.68 Å². The van der Waals surface area contributed by atoms with Crippen molar-refractivity contribution < 1.29 is 0 Å². The van der Waals surface area contributed by atoms with Crippen molar-refractivity contribution >= 4 is 17.5 Å². The Balaban J connectivity index is 2.52. The summed E-state index contributed by atoms with van der Waals surface area (Å²) in [7, 11) is 0. The van der Waals surface area contributed by atoms with E-state index in [-0.39, 0.29) is 0 Å². The van der Waals surface area contributed by atoms with Gasteiger partial charge in [-0.15, -0.1) is 0 Å². The van der Waals surface area contributed by atoms with Crippen LogP contribution in [-0.4, -0.2) is 18.5 Å². The lowest BCUT2D eigenvalue weighted by Crippen LogP contribution is -2.00. The van der Waals surface area contributed by atoms with Gasteiger partial charge in [0, 0.05) is 12.7 Å². The predicted molar refractivity (Wildman–Crippen MR) is 51.2 cm³/mol. The van der Waals surface area contributed by atoms with E-state index in [0.717, 1.165) is 29.7 Å². The zero-order valence-electron chi connectivity index (χ0n) is 7.14. The van der Waals surface area contributed by atoms with Gasteiger partial charge in [0.05, 0.1) is 17.4 Å². The maximum Gasteiger partial charge on any atom is 0.167 e. The van der Waals surface area contributed by atoms with Gasteiger partial charge in [0.1, 0.15) is 5.69 Å². The molecular formula is C7H9N5S. The van der Waals surface area contributed by atoms with Crippen molar-refractivity contribution in [1.29, 1.82) is 0 Å². The molecule has 2 rings (SSSR count). The van der Waals surface area contributed by atoms with Crippen molar-refractivity contribution in [3.8, 4) is 11.4 Å². The van der Waals surface area contributed by atoms with Crippen LogP contribution in [0.1, 0.15) is 6.92 Å². The van der Waals surface area contributed by atoms with Crippen molar-refractivity contribution in [2.45, 2.75) is 13.5 Å². The quantitative estimate of drug-likeness (QED) is 0.776. The summed E-state index contributed by atoms with van der Waals surface area (Å²) in [5.74, 6) is 0.472. The van der Waals surface area contributed by atoms with E-state index in [4.69, 9.17) is 5.73 Å². The van der Waals surface area contributed by atoms with Crippen LogP contribution in [0.2, 0.25) is 0 Å². The fourth-order valence-electron chi connectivity index (χ4n) is 1.16. The van der Waals surface area contributed by atoms with Crippen molar-refractivity contribution in [1.82, 2.24) is 18.5 Å². The largest absolute Gasteiger partial charge is 0.381 e. The Morgan fingerprint density at radius 3 is 3.00 bits per heavy atom. The highest BCUT2D eigenvalue weighted by molar-refractivity contribution is 6.99. The molecule has 0 unspecified atom stereocenters. The third kappa shape index (κ3) is 1.29. The van der Waals surface area contributed by atoms with Crippen LogP contribution >= 0.6 is 11.7 Å². The Bertz CT molecular complexity index is 404. The molecule has 0 saturated heterocycles. The van der Waals surface area contributed by atoms with Crippen LogP contribution in [0.3, 0.4) is 0 Å². The Kier molecular flexibility index (Phi) is 1.97. The first-order valence-corrected chi connectivity index (χ1v) is 4.66. The summed E-state index contributed by atoms with van der Waals surface area (Å²) in [4.78, 5) is 0. The SMILES string of the molecule is CCn1nccc1-c1nsnc1N. The van der Waals surface area contributed by atoms with Crippen molar-refractivity contribution in [2.24, 2.45) is 0 Å². The summed E-state index contributed by atoms with van der Waals surface area (Å²) < 4.78 is 9.87. The second-order valence-corrected chi connectivity index (χ2v) is 3.06. The summed E-state index contributed by atoms with van der Waals surface area (Å²) in [6.07, 6.45) is 1.73. The minimum atomic E-state index is 0.472. The molecule has 2 aromatic rings. The fraction of sp³-hybridized carbons (Fsp3) is 0.286. The molecule has 2 N–H and O–H groups in total. The molecule has 2 heterocycles. The van der Waals surface area contributed by atoms with Crippen LogP contribution in [0.5, 0.6) is 0 Å². The molecule has 0 fully saturated rings. The van der Waals surface area contributed by atoms with Gasteiger partial charge in [-0.1, -0.05) is 0 Å². The van der Waals surface area contributed by atoms with Crippen LogP contribution in [0, 0.1) is 0 Å². The third-order valence-corrected chi connectivity index (χ3v) is 2.32. The highest BCUT2D eigenvalue weighted by atomic mass is 32.1. The molecule has 0 aromatic carbocycles. The molecule has 0 bridgehead atoms. The number of nitrogen functional groups attached to an aromatic ring is 1. The van der Waals surface area contributed by atoms with Crippen LogP contribution in [0.15, 0.2) is 12.3 Å². The highest BCUT2D eigenvalue weighted by Crippen LogP contribution is 2.22. The van der Waals surface area contributed by atoms with Crippen LogP contribution in [0.25, 0.3) is 11.4 Å². The Labute approximate surface area is 79.5 Å². The minimum Gasteiger partial charge on any atom is -0.381 e. The summed E-state index contributed by atoms with van der Waals surface area (Å²) >= 11 is 1.12. The fourth-order valence-corrected chi connectivity index (χ4v) is 1.64. The number of hydrogen-bond donors (Lipinski definition) is 1. The Hall–Kier alpha value is -1.43. The van der Waals surface area contributed by atoms with Crippen LogP contribution < -0.4 is 5.73 Å². The lowest BCUT2D eigenvalue weighted by atomic mass is 10.3. The molecule has 0 atom stereocenters. The van der Waals surface area contributed by atoms with Gasteiger partial charge >= 0.3 is 0 Å². The first kappa shape index (κ1) is 8.18. The maximum atomic E-state index is 5.65. The number of aryl methyl sites for hydroxylation is 1. The first-order valence-electron chi connectivity index (χ1n) is 3.93. The topological polar surface area (TPSA) is 69.6 Å². The third-order valence-electron chi connectivity index (χ3n) is 1.77. The molecule has 0 amide bonds. The van der Waals surface area contributed by atoms with E-state index in [9.17, 15) is 0 Å². The number of rotatable bonds is 2. The number of aromatic nitrogens is 4. The van der Waals surface area contributed by atoms with E-state index in [0.29, 0.717) is 5.82 Å². The number of nitrogens with zero attached hydrogens (tertiary/aromatic N) is 4. The number of hydrogen-bond acceptors (Lipinski definition) is 5. The first-order chi connectivity index (χ1) is 6.33. The molecule has 13 heavy (non-hydrogen) atoms. The summed E-state index contributed by atoms with van der Waals surface area (Å²) in [5.41, 5.74) is 7.30.